The second-order valence-corrected chi connectivity index (χ2v) is 7.71. The van der Waals surface area contributed by atoms with Gasteiger partial charge in [-0.05, 0) is 36.1 Å². The highest BCUT2D eigenvalue weighted by molar-refractivity contribution is 7.90. The van der Waals surface area contributed by atoms with Gasteiger partial charge in [0.05, 0.1) is 12.8 Å². The molecule has 0 fully saturated rings. The van der Waals surface area contributed by atoms with Crippen LogP contribution in [0, 0.1) is 6.92 Å². The van der Waals surface area contributed by atoms with E-state index in [4.69, 9.17) is 4.74 Å². The predicted molar refractivity (Wildman–Crippen MR) is 81.2 cm³/mol. The van der Waals surface area contributed by atoms with E-state index in [0.29, 0.717) is 11.4 Å². The molecule has 0 aliphatic heterocycles. The molecular formula is C15H20N2O3S. The van der Waals surface area contributed by atoms with E-state index in [1.165, 1.54) is 13.3 Å². The molecule has 0 unspecified atom stereocenters. The molecule has 0 bridgehead atoms. The molecule has 0 radical (unpaired) electrons. The molecule has 21 heavy (non-hydrogen) atoms. The summed E-state index contributed by atoms with van der Waals surface area (Å²) < 4.78 is 31.6. The average molecular weight is 308 g/mol. The van der Waals surface area contributed by atoms with Crippen LogP contribution in [0.15, 0.2) is 35.4 Å². The molecule has 0 saturated carbocycles. The van der Waals surface area contributed by atoms with Gasteiger partial charge in [0.2, 0.25) is 0 Å². The lowest BCUT2D eigenvalue weighted by atomic mass is 9.87. The molecule has 0 aliphatic rings. The maximum absolute atomic E-state index is 12.7. The van der Waals surface area contributed by atoms with Crippen molar-refractivity contribution in [3.63, 3.8) is 0 Å². The minimum Gasteiger partial charge on any atom is -0.495 e. The Morgan fingerprint density at radius 3 is 2.33 bits per heavy atom. The van der Waals surface area contributed by atoms with Crippen molar-refractivity contribution in [2.24, 2.45) is 0 Å². The normalized spacial score (nSPS) is 12.4. The number of aryl methyl sites for hydroxylation is 1. The van der Waals surface area contributed by atoms with Crippen molar-refractivity contribution in [3.8, 4) is 5.75 Å². The van der Waals surface area contributed by atoms with Crippen molar-refractivity contribution in [3.05, 3.63) is 41.7 Å². The van der Waals surface area contributed by atoms with Gasteiger partial charge in [-0.25, -0.2) is 0 Å². The molecule has 0 amide bonds. The summed E-state index contributed by atoms with van der Waals surface area (Å²) in [7, 11) is -2.31. The SMILES string of the molecule is COc1ccc(C(C)(C)C)cc1S(=O)(=O)n1ccc(C)n1. The molecule has 2 aromatic rings. The maximum atomic E-state index is 12.7. The van der Waals surface area contributed by atoms with Crippen LogP contribution < -0.4 is 4.74 Å². The Morgan fingerprint density at radius 1 is 1.19 bits per heavy atom. The zero-order valence-electron chi connectivity index (χ0n) is 12.9. The van der Waals surface area contributed by atoms with Crippen LogP contribution in [0.2, 0.25) is 0 Å². The quantitative estimate of drug-likeness (QED) is 0.874. The number of rotatable bonds is 3. The van der Waals surface area contributed by atoms with Gasteiger partial charge in [-0.3, -0.25) is 0 Å². The van der Waals surface area contributed by atoms with Crippen LogP contribution in [-0.4, -0.2) is 24.7 Å². The zero-order chi connectivity index (χ0) is 15.8. The average Bonchev–Trinajstić information content (AvgIpc) is 2.84. The Labute approximate surface area is 125 Å². The van der Waals surface area contributed by atoms with Gasteiger partial charge in [0, 0.05) is 6.20 Å². The van der Waals surface area contributed by atoms with E-state index in [1.807, 2.05) is 26.8 Å². The molecule has 0 saturated heterocycles. The molecule has 114 valence electrons. The highest BCUT2D eigenvalue weighted by atomic mass is 32.2. The third kappa shape index (κ3) is 2.95. The molecule has 6 heteroatoms. The number of nitrogens with zero attached hydrogens (tertiary/aromatic N) is 2. The molecule has 0 N–H and O–H groups in total. The fourth-order valence-electron chi connectivity index (χ4n) is 1.97. The third-order valence-corrected chi connectivity index (χ3v) is 4.82. The summed E-state index contributed by atoms with van der Waals surface area (Å²) in [5, 5.41) is 4.00. The van der Waals surface area contributed by atoms with Crippen molar-refractivity contribution >= 4 is 10.0 Å². The van der Waals surface area contributed by atoms with Gasteiger partial charge in [0.15, 0.2) is 0 Å². The van der Waals surface area contributed by atoms with Crippen LogP contribution in [0.25, 0.3) is 0 Å². The van der Waals surface area contributed by atoms with Crippen molar-refractivity contribution in [2.45, 2.75) is 38.0 Å². The maximum Gasteiger partial charge on any atom is 0.286 e. The van der Waals surface area contributed by atoms with E-state index in [0.717, 1.165) is 9.65 Å². The van der Waals surface area contributed by atoms with Gasteiger partial charge >= 0.3 is 0 Å². The first-order valence-corrected chi connectivity index (χ1v) is 8.06. The first kappa shape index (κ1) is 15.6. The Bertz CT molecular complexity index is 755. The summed E-state index contributed by atoms with van der Waals surface area (Å²) >= 11 is 0. The highest BCUT2D eigenvalue weighted by Gasteiger charge is 2.25. The first-order valence-electron chi connectivity index (χ1n) is 6.62. The lowest BCUT2D eigenvalue weighted by molar-refractivity contribution is 0.401. The van der Waals surface area contributed by atoms with Crippen LogP contribution >= 0.6 is 0 Å². The number of methoxy groups -OCH3 is 1. The van der Waals surface area contributed by atoms with Gasteiger partial charge in [-0.1, -0.05) is 26.8 Å². The fourth-order valence-corrected chi connectivity index (χ4v) is 3.31. The van der Waals surface area contributed by atoms with E-state index in [-0.39, 0.29) is 10.3 Å². The summed E-state index contributed by atoms with van der Waals surface area (Å²) in [6.07, 6.45) is 1.44. The van der Waals surface area contributed by atoms with Crippen LogP contribution in [0.3, 0.4) is 0 Å². The number of hydrogen-bond acceptors (Lipinski definition) is 4. The summed E-state index contributed by atoms with van der Waals surface area (Å²) in [4.78, 5) is 0.125. The summed E-state index contributed by atoms with van der Waals surface area (Å²) in [6, 6.07) is 6.87. The molecule has 5 nitrogen and oxygen atoms in total. The van der Waals surface area contributed by atoms with Crippen LogP contribution in [-0.2, 0) is 15.4 Å². The topological polar surface area (TPSA) is 61.2 Å². The Kier molecular flexibility index (Phi) is 3.84. The van der Waals surface area contributed by atoms with Crippen molar-refractivity contribution in [1.29, 1.82) is 0 Å². The highest BCUT2D eigenvalue weighted by Crippen LogP contribution is 2.31. The predicted octanol–water partition coefficient (Wildman–Crippen LogP) is 2.73. The lowest BCUT2D eigenvalue weighted by Crippen LogP contribution is -2.17. The molecule has 1 aromatic carbocycles. The number of hydrogen-bond donors (Lipinski definition) is 0. The molecule has 0 spiro atoms. The molecule has 0 atom stereocenters. The molecule has 1 aromatic heterocycles. The zero-order valence-corrected chi connectivity index (χ0v) is 13.7. The summed E-state index contributed by atoms with van der Waals surface area (Å²) in [5.74, 6) is 0.316. The summed E-state index contributed by atoms with van der Waals surface area (Å²) in [5.41, 5.74) is 1.41. The third-order valence-electron chi connectivity index (χ3n) is 3.25. The van der Waals surface area contributed by atoms with Crippen molar-refractivity contribution < 1.29 is 13.2 Å². The van der Waals surface area contributed by atoms with Crippen LogP contribution in [0.5, 0.6) is 5.75 Å². The first-order chi connectivity index (χ1) is 9.66. The molecule has 1 heterocycles. The molecular weight excluding hydrogens is 288 g/mol. The Morgan fingerprint density at radius 2 is 1.86 bits per heavy atom. The van der Waals surface area contributed by atoms with E-state index in [1.54, 1.807) is 25.1 Å². The van der Waals surface area contributed by atoms with Crippen LogP contribution in [0.4, 0.5) is 0 Å². The fraction of sp³-hybridized carbons (Fsp3) is 0.400. The largest absolute Gasteiger partial charge is 0.495 e. The Balaban J connectivity index is 2.66. The second-order valence-electron chi connectivity index (χ2n) is 5.95. The minimum absolute atomic E-state index is 0.125. The van der Waals surface area contributed by atoms with Gasteiger partial charge in [0.1, 0.15) is 10.6 Å². The van der Waals surface area contributed by atoms with E-state index in [2.05, 4.69) is 5.10 Å². The van der Waals surface area contributed by atoms with Gasteiger partial charge < -0.3 is 4.74 Å². The van der Waals surface area contributed by atoms with Gasteiger partial charge in [-0.2, -0.15) is 17.6 Å². The second kappa shape index (κ2) is 5.18. The van der Waals surface area contributed by atoms with E-state index < -0.39 is 10.0 Å². The van der Waals surface area contributed by atoms with E-state index in [9.17, 15) is 8.42 Å². The van der Waals surface area contributed by atoms with Crippen molar-refractivity contribution in [2.75, 3.05) is 7.11 Å². The van der Waals surface area contributed by atoms with E-state index >= 15 is 0 Å². The van der Waals surface area contributed by atoms with Gasteiger partial charge in [0.25, 0.3) is 10.0 Å². The van der Waals surface area contributed by atoms with Gasteiger partial charge in [-0.15, -0.1) is 0 Å². The molecule has 2 rings (SSSR count). The minimum atomic E-state index is -3.76. The smallest absolute Gasteiger partial charge is 0.286 e. The van der Waals surface area contributed by atoms with Crippen molar-refractivity contribution in [1.82, 2.24) is 9.19 Å². The number of ether oxygens (including phenoxy) is 1. The number of benzene rings is 1. The number of aromatic nitrogens is 2. The lowest BCUT2D eigenvalue weighted by Gasteiger charge is -2.21. The summed E-state index contributed by atoms with van der Waals surface area (Å²) in [6.45, 7) is 7.84. The Hall–Kier alpha value is -1.82. The molecule has 0 aliphatic carbocycles. The monoisotopic (exact) mass is 308 g/mol. The van der Waals surface area contributed by atoms with Crippen LogP contribution in [0.1, 0.15) is 32.0 Å². The standard InChI is InChI=1S/C15H20N2O3S/c1-11-8-9-17(16-11)21(18,19)14-10-12(15(2,3)4)6-7-13(14)20-5/h6-10H,1-5H3.